The van der Waals surface area contributed by atoms with Crippen molar-refractivity contribution in [1.82, 2.24) is 5.32 Å². The number of nitrogens with zero attached hydrogens (tertiary/aromatic N) is 1. The van der Waals surface area contributed by atoms with E-state index in [9.17, 15) is 9.59 Å². The van der Waals surface area contributed by atoms with Crippen LogP contribution in [0, 0.1) is 11.3 Å². The van der Waals surface area contributed by atoms with Gasteiger partial charge in [0, 0.05) is 11.1 Å². The molecule has 2 amide bonds. The number of carbonyl (C=O) groups is 2. The van der Waals surface area contributed by atoms with E-state index >= 15 is 0 Å². The van der Waals surface area contributed by atoms with E-state index < -0.39 is 11.8 Å². The van der Waals surface area contributed by atoms with Crippen molar-refractivity contribution in [2.75, 3.05) is 12.4 Å². The van der Waals surface area contributed by atoms with Gasteiger partial charge in [0.05, 0.1) is 25.3 Å². The molecule has 0 radical (unpaired) electrons. The average Bonchev–Trinajstić information content (AvgIpc) is 3.09. The van der Waals surface area contributed by atoms with Crippen molar-refractivity contribution in [3.05, 3.63) is 59.9 Å². The van der Waals surface area contributed by atoms with Gasteiger partial charge in [-0.1, -0.05) is 18.2 Å². The maximum atomic E-state index is 12.0. The van der Waals surface area contributed by atoms with E-state index in [1.54, 1.807) is 37.4 Å². The van der Waals surface area contributed by atoms with Gasteiger partial charge in [0.25, 0.3) is 0 Å². The largest absolute Gasteiger partial charge is 0.493 e. The fourth-order valence-electron chi connectivity index (χ4n) is 2.44. The minimum absolute atomic E-state index is 0.0579. The molecule has 0 atom stereocenters. The van der Waals surface area contributed by atoms with Crippen molar-refractivity contribution < 1.29 is 18.7 Å². The Morgan fingerprint density at radius 1 is 1.15 bits per heavy atom. The first-order valence-electron chi connectivity index (χ1n) is 7.75. The van der Waals surface area contributed by atoms with Gasteiger partial charge in [-0.05, 0) is 30.3 Å². The molecule has 0 aliphatic heterocycles. The number of furan rings is 1. The molecule has 1 heterocycles. The van der Waals surface area contributed by atoms with Crippen LogP contribution in [-0.4, -0.2) is 18.9 Å². The molecular formula is C19H15N3O4. The number of para-hydroxylation sites is 1. The average molecular weight is 349 g/mol. The number of hydrogen-bond acceptors (Lipinski definition) is 5. The summed E-state index contributed by atoms with van der Waals surface area (Å²) in [6, 6.07) is 15.5. The molecule has 130 valence electrons. The van der Waals surface area contributed by atoms with Crippen LogP contribution in [0.15, 0.2) is 52.9 Å². The predicted molar refractivity (Wildman–Crippen MR) is 94.4 cm³/mol. The van der Waals surface area contributed by atoms with E-state index in [2.05, 4.69) is 10.6 Å². The third kappa shape index (κ3) is 3.65. The van der Waals surface area contributed by atoms with Crippen LogP contribution in [0.25, 0.3) is 11.0 Å². The Bertz CT molecular complexity index is 1020. The Hall–Kier alpha value is -3.79. The van der Waals surface area contributed by atoms with Crippen LogP contribution in [0.4, 0.5) is 5.69 Å². The van der Waals surface area contributed by atoms with Crippen molar-refractivity contribution in [1.29, 1.82) is 5.26 Å². The van der Waals surface area contributed by atoms with Gasteiger partial charge in [0.1, 0.15) is 5.76 Å². The number of carbonyl (C=O) groups excluding carboxylic acids is 2. The van der Waals surface area contributed by atoms with Gasteiger partial charge >= 0.3 is 11.8 Å². The standard InChI is InChI=1S/C19H15N3O4/c1-25-16-7-3-5-13-9-15(26-17(13)16)11-21-18(23)19(24)22-14-6-2-4-12(8-14)10-20/h2-9H,11H2,1H3,(H,21,23)(H,22,24). The molecule has 0 fully saturated rings. The zero-order valence-electron chi connectivity index (χ0n) is 13.9. The van der Waals surface area contributed by atoms with Gasteiger partial charge < -0.3 is 19.8 Å². The van der Waals surface area contributed by atoms with Crippen LogP contribution in [-0.2, 0) is 16.1 Å². The lowest BCUT2D eigenvalue weighted by Crippen LogP contribution is -2.34. The van der Waals surface area contributed by atoms with Gasteiger partial charge in [0.15, 0.2) is 11.3 Å². The second-order valence-corrected chi connectivity index (χ2v) is 5.42. The van der Waals surface area contributed by atoms with Crippen molar-refractivity contribution in [3.8, 4) is 11.8 Å². The van der Waals surface area contributed by atoms with Crippen molar-refractivity contribution in [2.45, 2.75) is 6.54 Å². The summed E-state index contributed by atoms with van der Waals surface area (Å²) in [4.78, 5) is 23.9. The molecule has 0 saturated heterocycles. The Morgan fingerprint density at radius 3 is 2.73 bits per heavy atom. The van der Waals surface area contributed by atoms with Crippen molar-refractivity contribution >= 4 is 28.5 Å². The highest BCUT2D eigenvalue weighted by Gasteiger charge is 2.15. The Kier molecular flexibility index (Phi) is 4.85. The lowest BCUT2D eigenvalue weighted by molar-refractivity contribution is -0.136. The quantitative estimate of drug-likeness (QED) is 0.705. The molecule has 2 N–H and O–H groups in total. The summed E-state index contributed by atoms with van der Waals surface area (Å²) in [5.41, 5.74) is 1.34. The maximum absolute atomic E-state index is 12.0. The lowest BCUT2D eigenvalue weighted by Gasteiger charge is -2.05. The predicted octanol–water partition coefficient (Wildman–Crippen LogP) is 2.57. The first-order chi connectivity index (χ1) is 12.6. The third-order valence-corrected chi connectivity index (χ3v) is 3.66. The van der Waals surface area contributed by atoms with Crippen molar-refractivity contribution in [3.63, 3.8) is 0 Å². The summed E-state index contributed by atoms with van der Waals surface area (Å²) >= 11 is 0. The monoisotopic (exact) mass is 349 g/mol. The number of anilines is 1. The first-order valence-corrected chi connectivity index (χ1v) is 7.75. The molecule has 7 heteroatoms. The third-order valence-electron chi connectivity index (χ3n) is 3.66. The smallest absolute Gasteiger partial charge is 0.313 e. The minimum atomic E-state index is -0.825. The molecule has 0 aliphatic rings. The number of hydrogen-bond donors (Lipinski definition) is 2. The number of nitriles is 1. The molecule has 7 nitrogen and oxygen atoms in total. The minimum Gasteiger partial charge on any atom is -0.493 e. The number of amides is 2. The normalized spacial score (nSPS) is 10.2. The van der Waals surface area contributed by atoms with Gasteiger partial charge in [-0.25, -0.2) is 0 Å². The molecule has 0 bridgehead atoms. The Labute approximate surface area is 149 Å². The van der Waals surface area contributed by atoms with Gasteiger partial charge in [0.2, 0.25) is 0 Å². The summed E-state index contributed by atoms with van der Waals surface area (Å²) in [6.45, 7) is 0.0579. The van der Waals surface area contributed by atoms with Crippen LogP contribution in [0.3, 0.4) is 0 Å². The summed E-state index contributed by atoms with van der Waals surface area (Å²) < 4.78 is 10.9. The van der Waals surface area contributed by atoms with Gasteiger partial charge in [-0.2, -0.15) is 5.26 Å². The topological polar surface area (TPSA) is 104 Å². The Morgan fingerprint density at radius 2 is 1.96 bits per heavy atom. The first kappa shape index (κ1) is 17.0. The molecule has 1 aromatic heterocycles. The van der Waals surface area contributed by atoms with E-state index in [1.165, 1.54) is 6.07 Å². The second-order valence-electron chi connectivity index (χ2n) is 5.42. The van der Waals surface area contributed by atoms with E-state index in [-0.39, 0.29) is 6.54 Å². The second kappa shape index (κ2) is 7.40. The van der Waals surface area contributed by atoms with Crippen LogP contribution in [0.2, 0.25) is 0 Å². The maximum Gasteiger partial charge on any atom is 0.313 e. The van der Waals surface area contributed by atoms with Gasteiger partial charge in [-0.15, -0.1) is 0 Å². The van der Waals surface area contributed by atoms with Crippen molar-refractivity contribution in [2.24, 2.45) is 0 Å². The molecule has 0 saturated carbocycles. The highest BCUT2D eigenvalue weighted by Crippen LogP contribution is 2.28. The van der Waals surface area contributed by atoms with Crippen LogP contribution >= 0.6 is 0 Å². The summed E-state index contributed by atoms with van der Waals surface area (Å²) in [5.74, 6) is -0.541. The van der Waals surface area contributed by atoms with E-state index in [0.717, 1.165) is 5.39 Å². The highest BCUT2D eigenvalue weighted by atomic mass is 16.5. The fourth-order valence-corrected chi connectivity index (χ4v) is 2.44. The lowest BCUT2D eigenvalue weighted by atomic mass is 10.2. The summed E-state index contributed by atoms with van der Waals surface area (Å²) in [6.07, 6.45) is 0. The van der Waals surface area contributed by atoms with E-state index in [4.69, 9.17) is 14.4 Å². The number of nitrogens with one attached hydrogen (secondary N) is 2. The number of ether oxygens (including phenoxy) is 1. The van der Waals surface area contributed by atoms with E-state index in [1.807, 2.05) is 18.2 Å². The van der Waals surface area contributed by atoms with E-state index in [0.29, 0.717) is 28.3 Å². The Balaban J connectivity index is 1.63. The fraction of sp³-hybridized carbons (Fsp3) is 0.105. The highest BCUT2D eigenvalue weighted by molar-refractivity contribution is 6.39. The SMILES string of the molecule is COc1cccc2cc(CNC(=O)C(=O)Nc3cccc(C#N)c3)oc12. The molecule has 26 heavy (non-hydrogen) atoms. The summed E-state index contributed by atoms with van der Waals surface area (Å²) in [7, 11) is 1.55. The van der Waals surface area contributed by atoms with Crippen LogP contribution < -0.4 is 15.4 Å². The number of rotatable bonds is 4. The zero-order chi connectivity index (χ0) is 18.5. The zero-order valence-corrected chi connectivity index (χ0v) is 13.9. The van der Waals surface area contributed by atoms with Crippen LogP contribution in [0.5, 0.6) is 5.75 Å². The molecule has 0 aliphatic carbocycles. The molecule has 0 spiro atoms. The van der Waals surface area contributed by atoms with Gasteiger partial charge in [-0.3, -0.25) is 9.59 Å². The molecule has 2 aromatic carbocycles. The van der Waals surface area contributed by atoms with Crippen LogP contribution in [0.1, 0.15) is 11.3 Å². The number of methoxy groups -OCH3 is 1. The molecule has 3 rings (SSSR count). The molecular weight excluding hydrogens is 334 g/mol. The molecule has 3 aromatic rings. The number of fused-ring (bicyclic) bond motifs is 1. The molecule has 0 unspecified atom stereocenters. The number of benzene rings is 2. The summed E-state index contributed by atoms with van der Waals surface area (Å²) in [5, 5.41) is 14.6.